The SMILES string of the molecule is CC1(C)[C@H]2CC[C@]1(C)[C@H]([NH+]1CC[NH2+]CC1)C2. The molecule has 2 saturated carbocycles. The molecule has 3 fully saturated rings. The van der Waals surface area contributed by atoms with Gasteiger partial charge in [-0.1, -0.05) is 20.8 Å². The highest BCUT2D eigenvalue weighted by Gasteiger charge is 2.64. The fourth-order valence-corrected chi connectivity index (χ4v) is 5.01. The lowest BCUT2D eigenvalue weighted by molar-refractivity contribution is -0.973. The van der Waals surface area contributed by atoms with E-state index < -0.39 is 0 Å². The van der Waals surface area contributed by atoms with E-state index in [1.807, 2.05) is 4.90 Å². The number of hydrogen-bond donors (Lipinski definition) is 2. The van der Waals surface area contributed by atoms with Crippen molar-refractivity contribution in [1.82, 2.24) is 0 Å². The number of fused-ring (bicyclic) bond motifs is 2. The predicted molar refractivity (Wildman–Crippen MR) is 65.4 cm³/mol. The van der Waals surface area contributed by atoms with Crippen molar-refractivity contribution in [2.75, 3.05) is 26.2 Å². The molecule has 3 aliphatic rings. The Morgan fingerprint density at radius 3 is 2.31 bits per heavy atom. The molecule has 2 aliphatic carbocycles. The minimum Gasteiger partial charge on any atom is -0.337 e. The zero-order valence-electron chi connectivity index (χ0n) is 11.2. The highest BCUT2D eigenvalue weighted by Crippen LogP contribution is 2.64. The Morgan fingerprint density at radius 1 is 1.12 bits per heavy atom. The second-order valence-electron chi connectivity index (χ2n) is 7.19. The van der Waals surface area contributed by atoms with Crippen molar-refractivity contribution in [1.29, 1.82) is 0 Å². The molecule has 3 rings (SSSR count). The monoisotopic (exact) mass is 224 g/mol. The van der Waals surface area contributed by atoms with Gasteiger partial charge in [0.15, 0.2) is 0 Å². The van der Waals surface area contributed by atoms with Gasteiger partial charge in [0.1, 0.15) is 26.2 Å². The Kier molecular flexibility index (Phi) is 2.38. The van der Waals surface area contributed by atoms with Gasteiger partial charge in [-0.15, -0.1) is 0 Å². The Labute approximate surface area is 99.8 Å². The maximum Gasteiger partial charge on any atom is 0.127 e. The van der Waals surface area contributed by atoms with E-state index in [9.17, 15) is 0 Å². The van der Waals surface area contributed by atoms with Crippen LogP contribution >= 0.6 is 0 Å². The molecule has 0 amide bonds. The van der Waals surface area contributed by atoms with Crippen LogP contribution in [-0.2, 0) is 0 Å². The third kappa shape index (κ3) is 1.26. The van der Waals surface area contributed by atoms with E-state index >= 15 is 0 Å². The van der Waals surface area contributed by atoms with Crippen LogP contribution in [0.3, 0.4) is 0 Å². The van der Waals surface area contributed by atoms with Crippen LogP contribution in [-0.4, -0.2) is 32.2 Å². The van der Waals surface area contributed by atoms with Crippen LogP contribution < -0.4 is 10.2 Å². The fraction of sp³-hybridized carbons (Fsp3) is 1.00. The van der Waals surface area contributed by atoms with E-state index in [0.717, 1.165) is 12.0 Å². The van der Waals surface area contributed by atoms with E-state index in [4.69, 9.17) is 0 Å². The molecule has 0 aromatic carbocycles. The summed E-state index contributed by atoms with van der Waals surface area (Å²) in [5.41, 5.74) is 1.23. The van der Waals surface area contributed by atoms with Crippen molar-refractivity contribution in [2.45, 2.75) is 46.1 Å². The summed E-state index contributed by atoms with van der Waals surface area (Å²) in [6, 6.07) is 0.968. The molecule has 0 spiro atoms. The number of rotatable bonds is 1. The van der Waals surface area contributed by atoms with Crippen LogP contribution in [0.4, 0.5) is 0 Å². The Morgan fingerprint density at radius 2 is 1.81 bits per heavy atom. The highest BCUT2D eigenvalue weighted by atomic mass is 15.2. The molecule has 1 aliphatic heterocycles. The highest BCUT2D eigenvalue weighted by molar-refractivity contribution is 5.10. The minimum atomic E-state index is 0.603. The van der Waals surface area contributed by atoms with Gasteiger partial charge in [-0.25, -0.2) is 0 Å². The first-order valence-corrected chi connectivity index (χ1v) is 7.22. The molecule has 1 heterocycles. The van der Waals surface area contributed by atoms with Crippen LogP contribution in [0.25, 0.3) is 0 Å². The summed E-state index contributed by atoms with van der Waals surface area (Å²) in [6.07, 6.45) is 4.50. The van der Waals surface area contributed by atoms with Gasteiger partial charge in [0.05, 0.1) is 6.04 Å². The molecule has 2 nitrogen and oxygen atoms in total. The van der Waals surface area contributed by atoms with Crippen molar-refractivity contribution in [2.24, 2.45) is 16.7 Å². The van der Waals surface area contributed by atoms with Gasteiger partial charge in [0.25, 0.3) is 0 Å². The molecule has 3 atom stereocenters. The minimum absolute atomic E-state index is 0.603. The van der Waals surface area contributed by atoms with Crippen LogP contribution in [0.15, 0.2) is 0 Å². The molecule has 16 heavy (non-hydrogen) atoms. The molecular weight excluding hydrogens is 196 g/mol. The molecule has 2 heteroatoms. The topological polar surface area (TPSA) is 21.1 Å². The molecule has 0 aromatic heterocycles. The first kappa shape index (κ1) is 11.0. The van der Waals surface area contributed by atoms with Crippen molar-refractivity contribution in [3.8, 4) is 0 Å². The maximum absolute atomic E-state index is 2.59. The molecule has 0 aromatic rings. The molecule has 2 bridgehead atoms. The predicted octanol–water partition coefficient (Wildman–Crippen LogP) is -0.337. The second-order valence-corrected chi connectivity index (χ2v) is 7.19. The van der Waals surface area contributed by atoms with E-state index in [1.165, 1.54) is 45.4 Å². The zero-order valence-corrected chi connectivity index (χ0v) is 11.2. The summed E-state index contributed by atoms with van der Waals surface area (Å²) in [7, 11) is 0. The van der Waals surface area contributed by atoms with Gasteiger partial charge in [-0.05, 0) is 24.2 Å². The van der Waals surface area contributed by atoms with Gasteiger partial charge >= 0.3 is 0 Å². The van der Waals surface area contributed by atoms with Crippen molar-refractivity contribution in [3.05, 3.63) is 0 Å². The fourth-order valence-electron chi connectivity index (χ4n) is 5.01. The maximum atomic E-state index is 2.59. The lowest BCUT2D eigenvalue weighted by Gasteiger charge is -2.42. The normalized spacial score (nSPS) is 47.4. The number of piperazine rings is 1. The molecular formula is C14H28N2+2. The number of quaternary nitrogens is 2. The third-order valence-electron chi connectivity index (χ3n) is 6.63. The lowest BCUT2D eigenvalue weighted by atomic mass is 9.68. The number of nitrogens with one attached hydrogen (secondary N) is 1. The third-order valence-corrected chi connectivity index (χ3v) is 6.63. The van der Waals surface area contributed by atoms with Gasteiger partial charge < -0.3 is 10.2 Å². The van der Waals surface area contributed by atoms with Gasteiger partial charge in [-0.3, -0.25) is 0 Å². The average molecular weight is 224 g/mol. The number of nitrogens with two attached hydrogens (primary N) is 1. The van der Waals surface area contributed by atoms with Gasteiger partial charge in [0.2, 0.25) is 0 Å². The molecule has 3 N–H and O–H groups in total. The van der Waals surface area contributed by atoms with E-state index in [1.54, 1.807) is 0 Å². The van der Waals surface area contributed by atoms with Crippen LogP contribution in [0.1, 0.15) is 40.0 Å². The van der Waals surface area contributed by atoms with E-state index in [-0.39, 0.29) is 0 Å². The number of hydrogen-bond acceptors (Lipinski definition) is 0. The summed E-state index contributed by atoms with van der Waals surface area (Å²) in [5.74, 6) is 1.01. The molecule has 92 valence electrons. The Hall–Kier alpha value is -0.0800. The standard InChI is InChI=1S/C14H26N2/c1-13(2)11-4-5-14(13,3)12(10-11)16-8-6-15-7-9-16/h11-12,15H,4-10H2,1-3H3/p+2/t11-,12+,14+/m0/s1. The van der Waals surface area contributed by atoms with E-state index in [2.05, 4.69) is 26.1 Å². The van der Waals surface area contributed by atoms with Crippen molar-refractivity contribution in [3.63, 3.8) is 0 Å². The first-order valence-electron chi connectivity index (χ1n) is 7.22. The molecule has 0 radical (unpaired) electrons. The summed E-state index contributed by atoms with van der Waals surface area (Å²) < 4.78 is 0. The molecule has 0 unspecified atom stereocenters. The lowest BCUT2D eigenvalue weighted by Crippen LogP contribution is -3.24. The molecule has 1 saturated heterocycles. The summed E-state index contributed by atoms with van der Waals surface area (Å²) in [4.78, 5) is 1.93. The Balaban J connectivity index is 1.83. The summed E-state index contributed by atoms with van der Waals surface area (Å²) in [5, 5.41) is 2.49. The quantitative estimate of drug-likeness (QED) is 0.608. The van der Waals surface area contributed by atoms with E-state index in [0.29, 0.717) is 10.8 Å². The van der Waals surface area contributed by atoms with Crippen LogP contribution in [0.5, 0.6) is 0 Å². The first-order chi connectivity index (χ1) is 7.56. The van der Waals surface area contributed by atoms with Crippen molar-refractivity contribution < 1.29 is 10.2 Å². The second kappa shape index (κ2) is 3.46. The van der Waals surface area contributed by atoms with Crippen molar-refractivity contribution >= 4 is 0 Å². The smallest absolute Gasteiger partial charge is 0.127 e. The summed E-state index contributed by atoms with van der Waals surface area (Å²) in [6.45, 7) is 13.2. The zero-order chi connectivity index (χ0) is 11.4. The summed E-state index contributed by atoms with van der Waals surface area (Å²) >= 11 is 0. The average Bonchev–Trinajstić information content (AvgIpc) is 2.62. The largest absolute Gasteiger partial charge is 0.337 e. The van der Waals surface area contributed by atoms with Gasteiger partial charge in [-0.2, -0.15) is 0 Å². The van der Waals surface area contributed by atoms with Gasteiger partial charge in [0, 0.05) is 11.8 Å². The van der Waals surface area contributed by atoms with Crippen LogP contribution in [0.2, 0.25) is 0 Å². The van der Waals surface area contributed by atoms with Crippen LogP contribution in [0, 0.1) is 16.7 Å². The Bertz CT molecular complexity index is 280.